The number of nitro groups is 1. The molecule has 1 fully saturated rings. The summed E-state index contributed by atoms with van der Waals surface area (Å²) in [5, 5.41) is 15.2. The van der Waals surface area contributed by atoms with Crippen LogP contribution in [-0.2, 0) is 4.74 Å². The number of rotatable bonds is 4. The summed E-state index contributed by atoms with van der Waals surface area (Å²) in [5.74, 6) is -0.497. The highest BCUT2D eigenvalue weighted by atomic mass is 35.5. The number of carbonyl (C=O) groups excluding carboxylic acids is 1. The molecular weight excluding hydrogens is 439 g/mol. The van der Waals surface area contributed by atoms with E-state index in [0.717, 1.165) is 4.70 Å². The summed E-state index contributed by atoms with van der Waals surface area (Å²) in [5.41, 5.74) is 1.00. The number of nitrogens with one attached hydrogen (secondary N) is 1. The highest BCUT2D eigenvalue weighted by molar-refractivity contribution is 7.22. The summed E-state index contributed by atoms with van der Waals surface area (Å²) in [4.78, 5) is 29.9. The molecule has 0 radical (unpaired) electrons. The fourth-order valence-electron chi connectivity index (χ4n) is 3.04. The zero-order chi connectivity index (χ0) is 20.5. The zero-order valence-corrected chi connectivity index (χ0v) is 17.2. The smallest absolute Gasteiger partial charge is 0.293 e. The third kappa shape index (κ3) is 3.99. The Morgan fingerprint density at radius 3 is 2.72 bits per heavy atom. The minimum absolute atomic E-state index is 0.126. The minimum Gasteiger partial charge on any atom is -0.378 e. The van der Waals surface area contributed by atoms with E-state index in [4.69, 9.17) is 27.9 Å². The minimum atomic E-state index is -0.497. The van der Waals surface area contributed by atoms with Gasteiger partial charge in [0.15, 0.2) is 5.13 Å². The SMILES string of the molecule is O=C(Nc1nc2c(Cl)c(Cl)ccc2s1)c1ccc(N2CCOCC2)c([N+](=O)[O-])c1. The summed E-state index contributed by atoms with van der Waals surface area (Å²) < 4.78 is 6.06. The summed E-state index contributed by atoms with van der Waals surface area (Å²) >= 11 is 13.4. The van der Waals surface area contributed by atoms with Crippen LogP contribution in [0, 0.1) is 10.1 Å². The first-order valence-electron chi connectivity index (χ1n) is 8.61. The molecule has 3 aromatic rings. The maximum atomic E-state index is 12.6. The van der Waals surface area contributed by atoms with Crippen molar-refractivity contribution in [2.75, 3.05) is 36.5 Å². The Labute approximate surface area is 179 Å². The quantitative estimate of drug-likeness (QED) is 0.458. The normalized spacial score (nSPS) is 14.2. The number of aromatic nitrogens is 1. The standard InChI is InChI=1S/C18H14Cl2N4O4S/c19-11-2-4-14-16(15(11)20)21-18(29-14)22-17(25)10-1-3-12(13(9-10)24(26)27)23-5-7-28-8-6-23/h1-4,9H,5-8H2,(H,21,22,25). The van der Waals surface area contributed by atoms with E-state index in [-0.39, 0.29) is 11.3 Å². The molecular formula is C18H14Cl2N4O4S. The Hall–Kier alpha value is -2.46. The molecule has 0 bridgehead atoms. The fourth-order valence-corrected chi connectivity index (χ4v) is 4.33. The van der Waals surface area contributed by atoms with Crippen molar-refractivity contribution in [1.82, 2.24) is 4.98 Å². The van der Waals surface area contributed by atoms with Crippen molar-refractivity contribution in [3.05, 3.63) is 56.1 Å². The van der Waals surface area contributed by atoms with Gasteiger partial charge in [-0.15, -0.1) is 0 Å². The van der Waals surface area contributed by atoms with Gasteiger partial charge in [0.25, 0.3) is 11.6 Å². The second kappa shape index (κ2) is 8.11. The van der Waals surface area contributed by atoms with Gasteiger partial charge in [0.2, 0.25) is 0 Å². The molecule has 2 aromatic carbocycles. The average Bonchev–Trinajstić information content (AvgIpc) is 3.14. The van der Waals surface area contributed by atoms with Crippen LogP contribution in [0.4, 0.5) is 16.5 Å². The van der Waals surface area contributed by atoms with E-state index in [2.05, 4.69) is 10.3 Å². The van der Waals surface area contributed by atoms with Crippen LogP contribution in [0.1, 0.15) is 10.4 Å². The van der Waals surface area contributed by atoms with Crippen LogP contribution in [-0.4, -0.2) is 42.1 Å². The number of ether oxygens (including phenoxy) is 1. The number of anilines is 2. The van der Waals surface area contributed by atoms with Crippen molar-refractivity contribution in [3.63, 3.8) is 0 Å². The van der Waals surface area contributed by atoms with Crippen LogP contribution >= 0.6 is 34.5 Å². The summed E-state index contributed by atoms with van der Waals surface area (Å²) in [6.45, 7) is 2.12. The predicted octanol–water partition coefficient (Wildman–Crippen LogP) is 4.60. The molecule has 150 valence electrons. The number of hydrogen-bond donors (Lipinski definition) is 1. The molecule has 1 aliphatic heterocycles. The second-order valence-corrected chi connectivity index (χ2v) is 8.06. The van der Waals surface area contributed by atoms with E-state index in [1.807, 2.05) is 4.90 Å². The predicted molar refractivity (Wildman–Crippen MR) is 114 cm³/mol. The molecule has 11 heteroatoms. The van der Waals surface area contributed by atoms with E-state index < -0.39 is 10.8 Å². The van der Waals surface area contributed by atoms with E-state index in [1.165, 1.54) is 17.4 Å². The van der Waals surface area contributed by atoms with E-state index in [9.17, 15) is 14.9 Å². The maximum absolute atomic E-state index is 12.6. The molecule has 1 saturated heterocycles. The van der Waals surface area contributed by atoms with Crippen LogP contribution in [0.5, 0.6) is 0 Å². The van der Waals surface area contributed by atoms with Gasteiger partial charge in [-0.1, -0.05) is 34.5 Å². The van der Waals surface area contributed by atoms with E-state index >= 15 is 0 Å². The van der Waals surface area contributed by atoms with Crippen LogP contribution in [0.2, 0.25) is 10.0 Å². The van der Waals surface area contributed by atoms with Gasteiger partial charge in [-0.05, 0) is 24.3 Å². The lowest BCUT2D eigenvalue weighted by Gasteiger charge is -2.28. The molecule has 8 nitrogen and oxygen atoms in total. The number of thiazole rings is 1. The molecule has 1 aromatic heterocycles. The van der Waals surface area contributed by atoms with Crippen molar-refractivity contribution >= 4 is 67.2 Å². The molecule has 4 rings (SSSR count). The Morgan fingerprint density at radius 2 is 2.00 bits per heavy atom. The Balaban J connectivity index is 1.61. The number of amides is 1. The first-order chi connectivity index (χ1) is 13.9. The van der Waals surface area contributed by atoms with Crippen molar-refractivity contribution in [1.29, 1.82) is 0 Å². The third-order valence-electron chi connectivity index (χ3n) is 4.46. The van der Waals surface area contributed by atoms with Gasteiger partial charge in [0.1, 0.15) is 11.2 Å². The molecule has 0 spiro atoms. The van der Waals surface area contributed by atoms with Crippen molar-refractivity contribution in [2.45, 2.75) is 0 Å². The van der Waals surface area contributed by atoms with Gasteiger partial charge < -0.3 is 9.64 Å². The van der Waals surface area contributed by atoms with Gasteiger partial charge in [0.05, 0.1) is 32.9 Å². The number of fused-ring (bicyclic) bond motifs is 1. The van der Waals surface area contributed by atoms with E-state index in [1.54, 1.807) is 24.3 Å². The van der Waals surface area contributed by atoms with Crippen LogP contribution in [0.3, 0.4) is 0 Å². The van der Waals surface area contributed by atoms with Gasteiger partial charge in [-0.3, -0.25) is 20.2 Å². The lowest BCUT2D eigenvalue weighted by molar-refractivity contribution is -0.384. The molecule has 0 saturated carbocycles. The van der Waals surface area contributed by atoms with Crippen LogP contribution < -0.4 is 10.2 Å². The Morgan fingerprint density at radius 1 is 1.24 bits per heavy atom. The van der Waals surface area contributed by atoms with Gasteiger partial charge in [-0.2, -0.15) is 0 Å². The van der Waals surface area contributed by atoms with Gasteiger partial charge in [-0.25, -0.2) is 4.98 Å². The molecule has 0 unspecified atom stereocenters. The van der Waals surface area contributed by atoms with Gasteiger partial charge in [0, 0.05) is 24.7 Å². The number of nitrogens with zero attached hydrogens (tertiary/aromatic N) is 3. The Kier molecular flexibility index (Phi) is 5.55. The van der Waals surface area contributed by atoms with Gasteiger partial charge >= 0.3 is 0 Å². The lowest BCUT2D eigenvalue weighted by atomic mass is 10.1. The van der Waals surface area contributed by atoms with Crippen molar-refractivity contribution in [3.8, 4) is 0 Å². The maximum Gasteiger partial charge on any atom is 0.293 e. The second-order valence-electron chi connectivity index (χ2n) is 6.24. The largest absolute Gasteiger partial charge is 0.378 e. The Bertz CT molecular complexity index is 1110. The molecule has 1 aliphatic rings. The zero-order valence-electron chi connectivity index (χ0n) is 14.9. The summed E-state index contributed by atoms with van der Waals surface area (Å²) in [7, 11) is 0. The highest BCUT2D eigenvalue weighted by Gasteiger charge is 2.24. The molecule has 0 aliphatic carbocycles. The van der Waals surface area contributed by atoms with E-state index in [0.29, 0.717) is 52.7 Å². The molecule has 1 N–H and O–H groups in total. The number of benzene rings is 2. The number of halogens is 2. The topological polar surface area (TPSA) is 97.6 Å². The van der Waals surface area contributed by atoms with Crippen molar-refractivity contribution in [2.24, 2.45) is 0 Å². The summed E-state index contributed by atoms with van der Waals surface area (Å²) in [6, 6.07) is 7.84. The van der Waals surface area contributed by atoms with Crippen LogP contribution in [0.15, 0.2) is 30.3 Å². The molecule has 2 heterocycles. The van der Waals surface area contributed by atoms with Crippen molar-refractivity contribution < 1.29 is 14.5 Å². The first-order valence-corrected chi connectivity index (χ1v) is 10.2. The summed E-state index contributed by atoms with van der Waals surface area (Å²) in [6.07, 6.45) is 0. The number of morpholine rings is 1. The number of carbonyl (C=O) groups is 1. The lowest BCUT2D eigenvalue weighted by Crippen LogP contribution is -2.36. The number of hydrogen-bond acceptors (Lipinski definition) is 7. The fraction of sp³-hybridized carbons (Fsp3) is 0.222. The molecule has 1 amide bonds. The molecule has 29 heavy (non-hydrogen) atoms. The highest BCUT2D eigenvalue weighted by Crippen LogP contribution is 2.36. The third-order valence-corrected chi connectivity index (χ3v) is 6.19. The number of nitro benzene ring substituents is 1. The average molecular weight is 453 g/mol. The first kappa shape index (κ1) is 19.8. The monoisotopic (exact) mass is 452 g/mol. The molecule has 0 atom stereocenters. The van der Waals surface area contributed by atoms with Crippen LogP contribution in [0.25, 0.3) is 10.2 Å².